The third-order valence-electron chi connectivity index (χ3n) is 3.49. The minimum absolute atomic E-state index is 0.0100. The smallest absolute Gasteiger partial charge is 0.262 e. The predicted octanol–water partition coefficient (Wildman–Crippen LogP) is 1.10. The molecule has 0 radical (unpaired) electrons. The lowest BCUT2D eigenvalue weighted by Crippen LogP contribution is -2.28. The summed E-state index contributed by atoms with van der Waals surface area (Å²) < 4.78 is 5.32. The highest BCUT2D eigenvalue weighted by Crippen LogP contribution is 2.30. The second-order valence-corrected chi connectivity index (χ2v) is 5.09. The summed E-state index contributed by atoms with van der Waals surface area (Å²) in [5.74, 6) is 0.409. The fraction of sp³-hybridized carbons (Fsp3) is 0.429. The van der Waals surface area contributed by atoms with Crippen molar-refractivity contribution in [3.8, 4) is 5.75 Å². The summed E-state index contributed by atoms with van der Waals surface area (Å²) in [5, 5.41) is 8.87. The van der Waals surface area contributed by atoms with Crippen LogP contribution in [0.3, 0.4) is 0 Å². The molecule has 3 rings (SSSR count). The lowest BCUT2D eigenvalue weighted by molar-refractivity contribution is -0.119. The lowest BCUT2D eigenvalue weighted by atomic mass is 10.1. The van der Waals surface area contributed by atoms with Gasteiger partial charge in [-0.15, -0.1) is 0 Å². The summed E-state index contributed by atoms with van der Waals surface area (Å²) in [4.78, 5) is 23.1. The number of amides is 2. The first-order chi connectivity index (χ1) is 9.70. The quantitative estimate of drug-likeness (QED) is 0.771. The van der Waals surface area contributed by atoms with Crippen molar-refractivity contribution >= 4 is 23.2 Å². The van der Waals surface area contributed by atoms with E-state index in [1.165, 1.54) is 0 Å². The molecule has 20 heavy (non-hydrogen) atoms. The van der Waals surface area contributed by atoms with Crippen molar-refractivity contribution in [2.45, 2.75) is 25.3 Å². The van der Waals surface area contributed by atoms with Crippen LogP contribution < -0.4 is 20.7 Å². The Morgan fingerprint density at radius 2 is 2.35 bits per heavy atom. The van der Waals surface area contributed by atoms with Gasteiger partial charge in [0.05, 0.1) is 5.69 Å². The van der Waals surface area contributed by atoms with Crippen LogP contribution in [-0.4, -0.2) is 31.0 Å². The van der Waals surface area contributed by atoms with Gasteiger partial charge in [0, 0.05) is 24.2 Å². The molecular formula is C14H17N3O3. The molecule has 6 nitrogen and oxygen atoms in total. The lowest BCUT2D eigenvalue weighted by Gasteiger charge is -2.19. The minimum atomic E-state index is -0.165. The summed E-state index contributed by atoms with van der Waals surface area (Å²) in [7, 11) is 0. The largest absolute Gasteiger partial charge is 0.482 e. The van der Waals surface area contributed by atoms with Crippen LogP contribution in [0.1, 0.15) is 19.3 Å². The Kier molecular flexibility index (Phi) is 3.56. The zero-order valence-electron chi connectivity index (χ0n) is 11.1. The van der Waals surface area contributed by atoms with Gasteiger partial charge in [0.1, 0.15) is 5.75 Å². The van der Waals surface area contributed by atoms with Gasteiger partial charge in [-0.25, -0.2) is 0 Å². The van der Waals surface area contributed by atoms with E-state index in [-0.39, 0.29) is 24.5 Å². The van der Waals surface area contributed by atoms with E-state index in [1.807, 2.05) is 0 Å². The maximum atomic E-state index is 11.9. The molecule has 2 aliphatic rings. The third kappa shape index (κ3) is 2.91. The number of ether oxygens (including phenoxy) is 1. The van der Waals surface area contributed by atoms with E-state index in [9.17, 15) is 9.59 Å². The molecule has 1 atom stereocenters. The van der Waals surface area contributed by atoms with Gasteiger partial charge in [-0.1, -0.05) is 0 Å². The Morgan fingerprint density at radius 3 is 3.15 bits per heavy atom. The summed E-state index contributed by atoms with van der Waals surface area (Å²) in [6, 6.07) is 5.50. The Hall–Kier alpha value is -2.08. The van der Waals surface area contributed by atoms with Crippen LogP contribution in [0.4, 0.5) is 11.4 Å². The molecule has 3 N–H and O–H groups in total. The molecule has 0 aromatic heterocycles. The van der Waals surface area contributed by atoms with Crippen molar-refractivity contribution < 1.29 is 14.3 Å². The number of carbonyl (C=O) groups excluding carboxylic acids is 2. The van der Waals surface area contributed by atoms with Crippen LogP contribution in [-0.2, 0) is 9.59 Å². The van der Waals surface area contributed by atoms with E-state index in [4.69, 9.17) is 4.74 Å². The van der Waals surface area contributed by atoms with Crippen LogP contribution in [0.5, 0.6) is 5.75 Å². The van der Waals surface area contributed by atoms with Gasteiger partial charge >= 0.3 is 0 Å². The second-order valence-electron chi connectivity index (χ2n) is 5.09. The van der Waals surface area contributed by atoms with E-state index in [2.05, 4.69) is 16.0 Å². The molecule has 0 saturated carbocycles. The zero-order valence-corrected chi connectivity index (χ0v) is 11.1. The molecule has 1 unspecified atom stereocenters. The molecular weight excluding hydrogens is 258 g/mol. The Morgan fingerprint density at radius 1 is 1.45 bits per heavy atom. The van der Waals surface area contributed by atoms with Crippen LogP contribution in [0, 0.1) is 0 Å². The number of anilines is 2. The molecule has 6 heteroatoms. The highest BCUT2D eigenvalue weighted by molar-refractivity contribution is 5.97. The maximum absolute atomic E-state index is 11.9. The fourth-order valence-electron chi connectivity index (χ4n) is 2.52. The van der Waals surface area contributed by atoms with Gasteiger partial charge in [-0.2, -0.15) is 0 Å². The molecule has 1 fully saturated rings. The zero-order chi connectivity index (χ0) is 13.9. The van der Waals surface area contributed by atoms with Gasteiger partial charge in [0.15, 0.2) is 6.61 Å². The Labute approximate surface area is 116 Å². The molecule has 2 heterocycles. The number of nitrogens with one attached hydrogen (secondary N) is 3. The normalized spacial score (nSPS) is 20.8. The second kappa shape index (κ2) is 5.50. The van der Waals surface area contributed by atoms with Gasteiger partial charge in [0.25, 0.3) is 5.91 Å². The predicted molar refractivity (Wildman–Crippen MR) is 74.8 cm³/mol. The molecule has 1 aromatic rings. The highest BCUT2D eigenvalue weighted by Gasteiger charge is 2.19. The molecule has 1 aromatic carbocycles. The highest BCUT2D eigenvalue weighted by atomic mass is 16.5. The van der Waals surface area contributed by atoms with Gasteiger partial charge in [-0.3, -0.25) is 9.59 Å². The average Bonchev–Trinajstić information content (AvgIpc) is 2.91. The first-order valence-corrected chi connectivity index (χ1v) is 6.80. The number of rotatable bonds is 3. The van der Waals surface area contributed by atoms with Crippen molar-refractivity contribution in [1.29, 1.82) is 0 Å². The summed E-state index contributed by atoms with van der Waals surface area (Å²) in [6.07, 6.45) is 2.66. The molecule has 0 aliphatic carbocycles. The van der Waals surface area contributed by atoms with Crippen molar-refractivity contribution in [1.82, 2.24) is 5.32 Å². The standard InChI is InChI=1S/C14H17N3O3/c18-13(7-9-2-1-5-15-9)16-10-3-4-11-12(6-10)20-8-14(19)17-11/h3-4,6,9,15H,1-2,5,7-8H2,(H,16,18)(H,17,19). The number of hydrogen-bond donors (Lipinski definition) is 3. The number of carbonyl (C=O) groups is 2. The monoisotopic (exact) mass is 275 g/mol. The van der Waals surface area contributed by atoms with Crippen LogP contribution >= 0.6 is 0 Å². The molecule has 106 valence electrons. The maximum Gasteiger partial charge on any atom is 0.262 e. The number of hydrogen-bond acceptors (Lipinski definition) is 4. The number of fused-ring (bicyclic) bond motifs is 1. The van der Waals surface area contributed by atoms with Crippen LogP contribution in [0.15, 0.2) is 18.2 Å². The van der Waals surface area contributed by atoms with Crippen molar-refractivity contribution in [3.63, 3.8) is 0 Å². The SMILES string of the molecule is O=C(CC1CCCN1)Nc1ccc2c(c1)OCC(=O)N2. The minimum Gasteiger partial charge on any atom is -0.482 e. The van der Waals surface area contributed by atoms with Gasteiger partial charge in [0.2, 0.25) is 5.91 Å². The molecule has 2 amide bonds. The van der Waals surface area contributed by atoms with Crippen molar-refractivity contribution in [3.05, 3.63) is 18.2 Å². The molecule has 0 bridgehead atoms. The fourth-order valence-corrected chi connectivity index (χ4v) is 2.52. The van der Waals surface area contributed by atoms with E-state index < -0.39 is 0 Å². The molecule has 0 spiro atoms. The number of benzene rings is 1. The summed E-state index contributed by atoms with van der Waals surface area (Å²) in [5.41, 5.74) is 1.32. The first kappa shape index (κ1) is 12.9. The molecule has 1 saturated heterocycles. The molecule has 2 aliphatic heterocycles. The first-order valence-electron chi connectivity index (χ1n) is 6.80. The van der Waals surface area contributed by atoms with E-state index >= 15 is 0 Å². The van der Waals surface area contributed by atoms with Crippen molar-refractivity contribution in [2.75, 3.05) is 23.8 Å². The Bertz CT molecular complexity index is 538. The van der Waals surface area contributed by atoms with E-state index in [1.54, 1.807) is 18.2 Å². The topological polar surface area (TPSA) is 79.5 Å². The van der Waals surface area contributed by atoms with Gasteiger partial charge < -0.3 is 20.7 Å². The van der Waals surface area contributed by atoms with E-state index in [0.717, 1.165) is 19.4 Å². The Balaban J connectivity index is 1.62. The van der Waals surface area contributed by atoms with Crippen molar-refractivity contribution in [2.24, 2.45) is 0 Å². The average molecular weight is 275 g/mol. The van der Waals surface area contributed by atoms with Crippen LogP contribution in [0.25, 0.3) is 0 Å². The van der Waals surface area contributed by atoms with Gasteiger partial charge in [-0.05, 0) is 31.5 Å². The summed E-state index contributed by atoms with van der Waals surface area (Å²) >= 11 is 0. The van der Waals surface area contributed by atoms with Crippen LogP contribution in [0.2, 0.25) is 0 Å². The summed E-state index contributed by atoms with van der Waals surface area (Å²) in [6.45, 7) is 1.00. The van der Waals surface area contributed by atoms with E-state index in [0.29, 0.717) is 23.5 Å². The third-order valence-corrected chi connectivity index (χ3v) is 3.49.